The number of hydrogen-bond donors (Lipinski definition) is 0. The van der Waals surface area contributed by atoms with Gasteiger partial charge in [-0.2, -0.15) is 5.26 Å². The summed E-state index contributed by atoms with van der Waals surface area (Å²) in [6.45, 7) is 0. The molecule has 1 aromatic heterocycles. The lowest BCUT2D eigenvalue weighted by Crippen LogP contribution is -1.77. The zero-order valence-electron chi connectivity index (χ0n) is 6.25. The molecule has 0 bridgehead atoms. The molecule has 0 N–H and O–H groups in total. The molecule has 5 heteroatoms. The Bertz CT molecular complexity index is 403. The van der Waals surface area contributed by atoms with Crippen LogP contribution in [0.3, 0.4) is 0 Å². The van der Waals surface area contributed by atoms with E-state index in [0.29, 0.717) is 6.29 Å². The second kappa shape index (κ2) is 4.70. The Labute approximate surface area is 96.1 Å². The summed E-state index contributed by atoms with van der Waals surface area (Å²) < 4.78 is 1.79. The van der Waals surface area contributed by atoms with Gasteiger partial charge in [-0.25, -0.2) is 0 Å². The Hall–Kier alpha value is -0.440. The molecule has 0 amide bonds. The van der Waals surface area contributed by atoms with Crippen molar-refractivity contribution in [3.05, 3.63) is 24.8 Å². The van der Waals surface area contributed by atoms with Gasteiger partial charge in [-0.1, -0.05) is 0 Å². The van der Waals surface area contributed by atoms with Crippen LogP contribution in [-0.4, -0.2) is 6.29 Å². The Morgan fingerprint density at radius 2 is 2.31 bits per heavy atom. The van der Waals surface area contributed by atoms with Crippen molar-refractivity contribution in [3.63, 3.8) is 0 Å². The van der Waals surface area contributed by atoms with E-state index in [4.69, 9.17) is 5.26 Å². The number of thiophene rings is 1. The second-order valence-corrected chi connectivity index (χ2v) is 4.65. The average molecular weight is 321 g/mol. The van der Waals surface area contributed by atoms with Gasteiger partial charge in [-0.3, -0.25) is 4.79 Å². The Morgan fingerprint density at radius 3 is 2.69 bits per heavy atom. The van der Waals surface area contributed by atoms with Crippen LogP contribution in [0, 0.1) is 11.3 Å². The first-order chi connectivity index (χ1) is 6.19. The highest BCUT2D eigenvalue weighted by Gasteiger charge is 2.05. The number of carbonyl (C=O) groups is 1. The fraction of sp³-hybridized carbons (Fsp3) is 0. The number of carbonyl (C=O) groups excluding carboxylic acids is 1. The van der Waals surface area contributed by atoms with Crippen LogP contribution in [0.5, 0.6) is 0 Å². The number of hydrogen-bond acceptors (Lipinski definition) is 3. The third-order valence-electron chi connectivity index (χ3n) is 1.26. The molecule has 1 heterocycles. The lowest BCUT2D eigenvalue weighted by atomic mass is 10.3. The number of allylic oxidation sites excluding steroid dienone is 1. The van der Waals surface area contributed by atoms with Crippen molar-refractivity contribution >= 4 is 55.6 Å². The van der Waals surface area contributed by atoms with Crippen molar-refractivity contribution < 1.29 is 4.79 Å². The van der Waals surface area contributed by atoms with Crippen LogP contribution >= 0.6 is 43.2 Å². The van der Waals surface area contributed by atoms with Gasteiger partial charge in [0.1, 0.15) is 6.07 Å². The van der Waals surface area contributed by atoms with Crippen molar-refractivity contribution in [3.8, 4) is 6.07 Å². The molecule has 0 fully saturated rings. The first-order valence-electron chi connectivity index (χ1n) is 3.18. The molecule has 0 atom stereocenters. The number of halogens is 2. The first-order valence-corrected chi connectivity index (χ1v) is 5.65. The highest BCUT2D eigenvalue weighted by molar-refractivity contribution is 9.13. The van der Waals surface area contributed by atoms with E-state index in [1.807, 2.05) is 5.38 Å². The van der Waals surface area contributed by atoms with Crippen LogP contribution in [0.1, 0.15) is 4.88 Å². The molecule has 1 rings (SSSR count). The first kappa shape index (κ1) is 10.6. The minimum atomic E-state index is 0.120. The number of nitriles is 1. The SMILES string of the molecule is N#CC(C=O)=Cc1scc(Br)c1Br. The smallest absolute Gasteiger partial charge is 0.160 e. The molecule has 0 saturated heterocycles. The third-order valence-corrected chi connectivity index (χ3v) is 4.76. The predicted molar refractivity (Wildman–Crippen MR) is 59.4 cm³/mol. The van der Waals surface area contributed by atoms with E-state index in [1.54, 1.807) is 12.1 Å². The van der Waals surface area contributed by atoms with Crippen molar-refractivity contribution in [1.82, 2.24) is 0 Å². The van der Waals surface area contributed by atoms with Crippen LogP contribution in [0.4, 0.5) is 0 Å². The van der Waals surface area contributed by atoms with Crippen molar-refractivity contribution in [1.29, 1.82) is 5.26 Å². The number of rotatable bonds is 2. The summed E-state index contributed by atoms with van der Waals surface area (Å²) in [6.07, 6.45) is 2.09. The standard InChI is InChI=1S/C8H3Br2NOS/c9-6-4-13-7(8(6)10)1-5(2-11)3-12/h1,3-4H. The summed E-state index contributed by atoms with van der Waals surface area (Å²) in [5, 5.41) is 10.4. The van der Waals surface area contributed by atoms with Gasteiger partial charge in [0.25, 0.3) is 0 Å². The van der Waals surface area contributed by atoms with Crippen LogP contribution < -0.4 is 0 Å². The zero-order valence-corrected chi connectivity index (χ0v) is 10.2. The lowest BCUT2D eigenvalue weighted by molar-refractivity contribution is -0.104. The summed E-state index contributed by atoms with van der Waals surface area (Å²) in [4.78, 5) is 11.2. The molecule has 0 aliphatic carbocycles. The Kier molecular flexibility index (Phi) is 3.85. The minimum absolute atomic E-state index is 0.120. The van der Waals surface area contributed by atoms with Crippen molar-refractivity contribution in [2.75, 3.05) is 0 Å². The molecule has 0 unspecified atom stereocenters. The van der Waals surface area contributed by atoms with Gasteiger partial charge in [0.15, 0.2) is 6.29 Å². The highest BCUT2D eigenvalue weighted by atomic mass is 79.9. The molecule has 0 aliphatic rings. The number of aldehydes is 1. The second-order valence-electron chi connectivity index (χ2n) is 2.09. The molecule has 0 aromatic carbocycles. The van der Waals surface area contributed by atoms with Crippen molar-refractivity contribution in [2.24, 2.45) is 0 Å². The van der Waals surface area contributed by atoms with Gasteiger partial charge >= 0.3 is 0 Å². The van der Waals surface area contributed by atoms with Gasteiger partial charge in [0.05, 0.1) is 5.57 Å². The lowest BCUT2D eigenvalue weighted by Gasteiger charge is -1.88. The van der Waals surface area contributed by atoms with E-state index in [-0.39, 0.29) is 5.57 Å². The molecule has 2 nitrogen and oxygen atoms in total. The molecule has 0 saturated carbocycles. The molecular weight excluding hydrogens is 318 g/mol. The quantitative estimate of drug-likeness (QED) is 0.476. The minimum Gasteiger partial charge on any atom is -0.297 e. The maximum Gasteiger partial charge on any atom is 0.160 e. The third kappa shape index (κ3) is 2.50. The van der Waals surface area contributed by atoms with Gasteiger partial charge in [-0.05, 0) is 37.9 Å². The van der Waals surface area contributed by atoms with E-state index in [1.165, 1.54) is 11.3 Å². The van der Waals surface area contributed by atoms with Crippen LogP contribution in [0.2, 0.25) is 0 Å². The molecule has 0 spiro atoms. The molecule has 13 heavy (non-hydrogen) atoms. The van der Waals surface area contributed by atoms with E-state index in [9.17, 15) is 4.79 Å². The van der Waals surface area contributed by atoms with Crippen molar-refractivity contribution in [2.45, 2.75) is 0 Å². The fourth-order valence-electron chi connectivity index (χ4n) is 0.668. The normalized spacial score (nSPS) is 11.0. The molecular formula is C8H3Br2NOS. The van der Waals surface area contributed by atoms with E-state index in [0.717, 1.165) is 13.8 Å². The predicted octanol–water partition coefficient (Wildman–Crippen LogP) is 3.38. The summed E-state index contributed by atoms with van der Waals surface area (Å²) in [7, 11) is 0. The maximum absolute atomic E-state index is 10.3. The summed E-state index contributed by atoms with van der Waals surface area (Å²) >= 11 is 8.10. The highest BCUT2D eigenvalue weighted by Crippen LogP contribution is 2.33. The average Bonchev–Trinajstić information content (AvgIpc) is 2.45. The molecule has 0 aliphatic heterocycles. The monoisotopic (exact) mass is 319 g/mol. The fourth-order valence-corrected chi connectivity index (χ4v) is 2.71. The van der Waals surface area contributed by atoms with Gasteiger partial charge in [0, 0.05) is 19.2 Å². The van der Waals surface area contributed by atoms with Crippen LogP contribution in [-0.2, 0) is 4.79 Å². The molecule has 0 radical (unpaired) electrons. The maximum atomic E-state index is 10.3. The Morgan fingerprint density at radius 1 is 1.62 bits per heavy atom. The van der Waals surface area contributed by atoms with E-state index < -0.39 is 0 Å². The largest absolute Gasteiger partial charge is 0.297 e. The van der Waals surface area contributed by atoms with E-state index >= 15 is 0 Å². The van der Waals surface area contributed by atoms with Gasteiger partial charge in [-0.15, -0.1) is 11.3 Å². The van der Waals surface area contributed by atoms with Gasteiger partial charge in [0.2, 0.25) is 0 Å². The van der Waals surface area contributed by atoms with Gasteiger partial charge < -0.3 is 0 Å². The van der Waals surface area contributed by atoms with E-state index in [2.05, 4.69) is 31.9 Å². The summed E-state index contributed by atoms with van der Waals surface area (Å²) in [5.41, 5.74) is 0.120. The number of nitrogens with zero attached hydrogens (tertiary/aromatic N) is 1. The summed E-state index contributed by atoms with van der Waals surface area (Å²) in [6, 6.07) is 1.80. The molecule has 66 valence electrons. The van der Waals surface area contributed by atoms with Crippen LogP contribution in [0.25, 0.3) is 6.08 Å². The van der Waals surface area contributed by atoms with Crippen LogP contribution in [0.15, 0.2) is 19.9 Å². The molecule has 1 aromatic rings. The summed E-state index contributed by atoms with van der Waals surface area (Å²) in [5.74, 6) is 0. The Balaban J connectivity index is 3.11. The zero-order chi connectivity index (χ0) is 9.84. The topological polar surface area (TPSA) is 40.9 Å².